The van der Waals surface area contributed by atoms with Crippen molar-refractivity contribution >= 4 is 12.0 Å². The monoisotopic (exact) mass is 204 g/mol. The molecule has 0 atom stereocenters. The van der Waals surface area contributed by atoms with Gasteiger partial charge in [0.05, 0.1) is 0 Å². The molecule has 1 aromatic rings. The summed E-state index contributed by atoms with van der Waals surface area (Å²) < 4.78 is 0. The molecule has 0 aliphatic heterocycles. The molecular formula is C12H12O3. The third kappa shape index (κ3) is 3.68. The van der Waals surface area contributed by atoms with Gasteiger partial charge in [0.1, 0.15) is 5.75 Å². The number of hydrogen-bond acceptors (Lipinski definition) is 2. The first-order valence-electron chi connectivity index (χ1n) is 4.47. The van der Waals surface area contributed by atoms with E-state index in [-0.39, 0.29) is 11.3 Å². The van der Waals surface area contributed by atoms with E-state index in [1.807, 2.05) is 0 Å². The maximum Gasteiger partial charge on any atom is 0.331 e. The van der Waals surface area contributed by atoms with Crippen molar-refractivity contribution in [2.75, 3.05) is 0 Å². The SMILES string of the molecule is CC(=CC=Cc1ccc(O)cc1)C(=O)O. The zero-order valence-corrected chi connectivity index (χ0v) is 8.34. The van der Waals surface area contributed by atoms with Crippen LogP contribution in [0.15, 0.2) is 42.0 Å². The smallest absolute Gasteiger partial charge is 0.331 e. The molecule has 0 saturated carbocycles. The molecule has 3 nitrogen and oxygen atoms in total. The Morgan fingerprint density at radius 3 is 2.40 bits per heavy atom. The van der Waals surface area contributed by atoms with Crippen molar-refractivity contribution < 1.29 is 15.0 Å². The Balaban J connectivity index is 2.70. The van der Waals surface area contributed by atoms with E-state index >= 15 is 0 Å². The van der Waals surface area contributed by atoms with E-state index in [9.17, 15) is 4.79 Å². The molecule has 0 aromatic heterocycles. The van der Waals surface area contributed by atoms with Crippen molar-refractivity contribution in [3.05, 3.63) is 47.6 Å². The predicted molar refractivity (Wildman–Crippen MR) is 58.5 cm³/mol. The first-order chi connectivity index (χ1) is 7.09. The van der Waals surface area contributed by atoms with Gasteiger partial charge in [0.2, 0.25) is 0 Å². The summed E-state index contributed by atoms with van der Waals surface area (Å²) in [7, 11) is 0. The van der Waals surface area contributed by atoms with E-state index in [1.54, 1.807) is 36.4 Å². The minimum absolute atomic E-state index is 0.212. The van der Waals surface area contributed by atoms with Crippen molar-refractivity contribution in [3.8, 4) is 5.75 Å². The van der Waals surface area contributed by atoms with E-state index in [1.165, 1.54) is 13.0 Å². The highest BCUT2D eigenvalue weighted by atomic mass is 16.4. The van der Waals surface area contributed by atoms with Crippen LogP contribution >= 0.6 is 0 Å². The fourth-order valence-electron chi connectivity index (χ4n) is 0.960. The van der Waals surface area contributed by atoms with Gasteiger partial charge in [-0.3, -0.25) is 0 Å². The molecule has 0 aliphatic rings. The third-order valence-corrected chi connectivity index (χ3v) is 1.87. The quantitative estimate of drug-likeness (QED) is 0.587. The second-order valence-corrected chi connectivity index (χ2v) is 3.11. The Labute approximate surface area is 88.0 Å². The van der Waals surface area contributed by atoms with Gasteiger partial charge in [-0.05, 0) is 24.6 Å². The lowest BCUT2D eigenvalue weighted by Crippen LogP contribution is -1.94. The number of hydrogen-bond donors (Lipinski definition) is 2. The van der Waals surface area contributed by atoms with Crippen LogP contribution in [0.3, 0.4) is 0 Å². The van der Waals surface area contributed by atoms with Crippen LogP contribution in [0.2, 0.25) is 0 Å². The number of phenols is 1. The number of benzene rings is 1. The van der Waals surface area contributed by atoms with Crippen LogP contribution in [0.1, 0.15) is 12.5 Å². The Morgan fingerprint density at radius 1 is 1.27 bits per heavy atom. The summed E-state index contributed by atoms with van der Waals surface area (Å²) in [5, 5.41) is 17.6. The number of carboxylic acids is 1. The highest BCUT2D eigenvalue weighted by molar-refractivity contribution is 5.86. The number of aromatic hydroxyl groups is 1. The lowest BCUT2D eigenvalue weighted by Gasteiger charge is -1.93. The summed E-state index contributed by atoms with van der Waals surface area (Å²) in [6, 6.07) is 6.65. The van der Waals surface area contributed by atoms with E-state index in [2.05, 4.69) is 0 Å². The Hall–Kier alpha value is -2.03. The predicted octanol–water partition coefficient (Wildman–Crippen LogP) is 2.44. The number of rotatable bonds is 3. The average molecular weight is 204 g/mol. The molecule has 0 spiro atoms. The van der Waals surface area contributed by atoms with Gasteiger partial charge in [-0.15, -0.1) is 0 Å². The van der Waals surface area contributed by atoms with Crippen molar-refractivity contribution in [1.29, 1.82) is 0 Å². The molecule has 0 bridgehead atoms. The Bertz CT molecular complexity index is 399. The first-order valence-corrected chi connectivity index (χ1v) is 4.47. The minimum atomic E-state index is -0.926. The van der Waals surface area contributed by atoms with Crippen LogP contribution in [0.5, 0.6) is 5.75 Å². The van der Waals surface area contributed by atoms with Gasteiger partial charge in [0.15, 0.2) is 0 Å². The number of allylic oxidation sites excluding steroid dienone is 2. The standard InChI is InChI=1S/C12H12O3/c1-9(12(14)15)3-2-4-10-5-7-11(13)8-6-10/h2-8,13H,1H3,(H,14,15). The molecule has 0 fully saturated rings. The van der Waals surface area contributed by atoms with Crippen molar-refractivity contribution in [1.82, 2.24) is 0 Å². The Morgan fingerprint density at radius 2 is 1.87 bits per heavy atom. The highest BCUT2D eigenvalue weighted by Gasteiger charge is 1.95. The van der Waals surface area contributed by atoms with Gasteiger partial charge < -0.3 is 10.2 Å². The van der Waals surface area contributed by atoms with E-state index in [0.29, 0.717) is 0 Å². The molecule has 2 N–H and O–H groups in total. The van der Waals surface area contributed by atoms with Gasteiger partial charge in [0.25, 0.3) is 0 Å². The lowest BCUT2D eigenvalue weighted by atomic mass is 10.2. The van der Waals surface area contributed by atoms with Crippen molar-refractivity contribution in [2.24, 2.45) is 0 Å². The van der Waals surface area contributed by atoms with Gasteiger partial charge in [-0.1, -0.05) is 30.4 Å². The minimum Gasteiger partial charge on any atom is -0.508 e. The summed E-state index contributed by atoms with van der Waals surface area (Å²) in [6.45, 7) is 1.53. The number of carboxylic acid groups (broad SMARTS) is 1. The molecule has 0 heterocycles. The van der Waals surface area contributed by atoms with Crippen LogP contribution in [-0.4, -0.2) is 16.2 Å². The third-order valence-electron chi connectivity index (χ3n) is 1.87. The first kappa shape index (κ1) is 11.0. The highest BCUT2D eigenvalue weighted by Crippen LogP contribution is 2.10. The van der Waals surface area contributed by atoms with E-state index in [4.69, 9.17) is 10.2 Å². The zero-order chi connectivity index (χ0) is 11.3. The van der Waals surface area contributed by atoms with Crippen LogP contribution in [0, 0.1) is 0 Å². The summed E-state index contributed by atoms with van der Waals surface area (Å²) in [4.78, 5) is 10.5. The second kappa shape index (κ2) is 5.00. The van der Waals surface area contributed by atoms with Crippen LogP contribution < -0.4 is 0 Å². The average Bonchev–Trinajstić information content (AvgIpc) is 2.20. The summed E-state index contributed by atoms with van der Waals surface area (Å²) in [5.41, 5.74) is 1.19. The zero-order valence-electron chi connectivity index (χ0n) is 8.34. The van der Waals surface area contributed by atoms with E-state index in [0.717, 1.165) is 5.56 Å². The topological polar surface area (TPSA) is 57.5 Å². The summed E-state index contributed by atoms with van der Waals surface area (Å²) in [6.07, 6.45) is 4.96. The van der Waals surface area contributed by atoms with Gasteiger partial charge in [0, 0.05) is 5.57 Å². The molecule has 78 valence electrons. The number of aliphatic carboxylic acids is 1. The molecule has 0 radical (unpaired) electrons. The van der Waals surface area contributed by atoms with Gasteiger partial charge >= 0.3 is 5.97 Å². The molecule has 1 rings (SSSR count). The van der Waals surface area contributed by atoms with Crippen molar-refractivity contribution in [3.63, 3.8) is 0 Å². The summed E-state index contributed by atoms with van der Waals surface area (Å²) >= 11 is 0. The van der Waals surface area contributed by atoms with Gasteiger partial charge in [-0.25, -0.2) is 4.79 Å². The molecule has 0 unspecified atom stereocenters. The second-order valence-electron chi connectivity index (χ2n) is 3.11. The lowest BCUT2D eigenvalue weighted by molar-refractivity contribution is -0.132. The molecule has 15 heavy (non-hydrogen) atoms. The fourth-order valence-corrected chi connectivity index (χ4v) is 0.960. The molecule has 0 amide bonds. The van der Waals surface area contributed by atoms with Crippen LogP contribution in [-0.2, 0) is 4.79 Å². The Kier molecular flexibility index (Phi) is 3.68. The van der Waals surface area contributed by atoms with Crippen LogP contribution in [0.25, 0.3) is 6.08 Å². The molecule has 0 aliphatic carbocycles. The van der Waals surface area contributed by atoms with E-state index < -0.39 is 5.97 Å². The molecule has 1 aromatic carbocycles. The summed E-state index contributed by atoms with van der Waals surface area (Å²) in [5.74, 6) is -0.713. The maximum absolute atomic E-state index is 10.5. The maximum atomic E-state index is 10.5. The molecule has 0 saturated heterocycles. The number of carbonyl (C=O) groups is 1. The normalized spacial score (nSPS) is 11.9. The largest absolute Gasteiger partial charge is 0.508 e. The molecule has 3 heteroatoms. The number of phenolic OH excluding ortho intramolecular Hbond substituents is 1. The van der Waals surface area contributed by atoms with Gasteiger partial charge in [-0.2, -0.15) is 0 Å². The fraction of sp³-hybridized carbons (Fsp3) is 0.0833. The van der Waals surface area contributed by atoms with Crippen LogP contribution in [0.4, 0.5) is 0 Å². The molecular weight excluding hydrogens is 192 g/mol. The van der Waals surface area contributed by atoms with Crippen molar-refractivity contribution in [2.45, 2.75) is 6.92 Å².